The predicted molar refractivity (Wildman–Crippen MR) is 108 cm³/mol. The van der Waals surface area contributed by atoms with E-state index in [0.717, 1.165) is 4.31 Å². The van der Waals surface area contributed by atoms with Crippen molar-refractivity contribution in [3.63, 3.8) is 0 Å². The van der Waals surface area contributed by atoms with Gasteiger partial charge in [-0.05, 0) is 61.4 Å². The number of carbonyl (C=O) groups is 1. The molecule has 0 bridgehead atoms. The zero-order chi connectivity index (χ0) is 22.0. The summed E-state index contributed by atoms with van der Waals surface area (Å²) in [6, 6.07) is 13.4. The number of hydrogen-bond donors (Lipinski definition) is 2. The van der Waals surface area contributed by atoms with E-state index >= 15 is 0 Å². The van der Waals surface area contributed by atoms with Crippen LogP contribution in [0.5, 0.6) is 11.5 Å². The van der Waals surface area contributed by atoms with E-state index in [2.05, 4.69) is 0 Å². The van der Waals surface area contributed by atoms with Crippen LogP contribution in [0.25, 0.3) is 0 Å². The highest BCUT2D eigenvalue weighted by Crippen LogP contribution is 2.37. The van der Waals surface area contributed by atoms with Crippen LogP contribution >= 0.6 is 0 Å². The van der Waals surface area contributed by atoms with Gasteiger partial charge in [0.15, 0.2) is 0 Å². The zero-order valence-electron chi connectivity index (χ0n) is 16.5. The van der Waals surface area contributed by atoms with E-state index in [9.17, 15) is 18.4 Å². The van der Waals surface area contributed by atoms with Crippen LogP contribution in [0.1, 0.15) is 18.4 Å². The predicted octanol–water partition coefficient (Wildman–Crippen LogP) is 2.02. The number of carbonyl (C=O) groups excluding carboxylic acids is 1. The summed E-state index contributed by atoms with van der Waals surface area (Å²) >= 11 is 0. The largest absolute Gasteiger partial charge is 0.457 e. The van der Waals surface area contributed by atoms with Crippen LogP contribution in [0.3, 0.4) is 0 Å². The lowest BCUT2D eigenvalue weighted by Crippen LogP contribution is -2.58. The van der Waals surface area contributed by atoms with Gasteiger partial charge in [-0.25, -0.2) is 13.9 Å². The first-order valence-corrected chi connectivity index (χ1v) is 11.2. The summed E-state index contributed by atoms with van der Waals surface area (Å²) in [6.07, 6.45) is 0.836. The molecule has 0 spiro atoms. The highest BCUT2D eigenvalue weighted by molar-refractivity contribution is 7.89. The molecule has 3 unspecified atom stereocenters. The van der Waals surface area contributed by atoms with E-state index in [1.807, 2.05) is 6.07 Å². The number of hydrogen-bond acceptors (Lipinski definition) is 7. The van der Waals surface area contributed by atoms with Gasteiger partial charge in [0.2, 0.25) is 10.0 Å². The second-order valence-electron chi connectivity index (χ2n) is 7.40. The molecule has 2 aliphatic heterocycles. The second kappa shape index (κ2) is 8.64. The summed E-state index contributed by atoms with van der Waals surface area (Å²) in [4.78, 5) is 12.4. The normalized spacial score (nSPS) is 23.5. The third-order valence-corrected chi connectivity index (χ3v) is 7.53. The lowest BCUT2D eigenvalue weighted by Gasteiger charge is -2.39. The van der Waals surface area contributed by atoms with Gasteiger partial charge in [-0.15, -0.1) is 0 Å². The molecule has 3 atom stereocenters. The number of hydroxylamine groups is 1. The van der Waals surface area contributed by atoms with Crippen LogP contribution in [0.15, 0.2) is 53.4 Å². The Bertz CT molecular complexity index is 1100. The third kappa shape index (κ3) is 4.13. The summed E-state index contributed by atoms with van der Waals surface area (Å²) < 4.78 is 39.1. The Kier molecular flexibility index (Phi) is 5.93. The van der Waals surface area contributed by atoms with Crippen LogP contribution in [0.2, 0.25) is 0 Å². The van der Waals surface area contributed by atoms with Gasteiger partial charge >= 0.3 is 0 Å². The molecular formula is C21H21N3O6S. The number of benzene rings is 2. The van der Waals surface area contributed by atoms with Crippen LogP contribution in [0, 0.1) is 17.2 Å². The third-order valence-electron chi connectivity index (χ3n) is 5.64. The number of rotatable bonds is 5. The van der Waals surface area contributed by atoms with Gasteiger partial charge in [0.25, 0.3) is 5.91 Å². The van der Waals surface area contributed by atoms with E-state index in [1.165, 1.54) is 24.3 Å². The molecular weight excluding hydrogens is 422 g/mol. The molecule has 2 aliphatic rings. The van der Waals surface area contributed by atoms with Crippen LogP contribution < -0.4 is 10.2 Å². The fourth-order valence-electron chi connectivity index (χ4n) is 4.14. The fourth-order valence-corrected chi connectivity index (χ4v) is 5.79. The highest BCUT2D eigenvalue weighted by Gasteiger charge is 2.49. The maximum atomic E-state index is 13.3. The molecule has 2 saturated heterocycles. The molecule has 0 radical (unpaired) electrons. The van der Waals surface area contributed by atoms with Crippen molar-refractivity contribution < 1.29 is 27.9 Å². The first kappa shape index (κ1) is 21.3. The first-order valence-electron chi connectivity index (χ1n) is 9.79. The number of nitriles is 1. The Morgan fingerprint density at radius 1 is 1.13 bits per heavy atom. The number of sulfonamides is 1. The van der Waals surface area contributed by atoms with Gasteiger partial charge in [0.05, 0.1) is 22.6 Å². The van der Waals surface area contributed by atoms with Crippen LogP contribution in [-0.2, 0) is 19.6 Å². The summed E-state index contributed by atoms with van der Waals surface area (Å²) in [7, 11) is -3.99. The molecule has 2 heterocycles. The van der Waals surface area contributed by atoms with Crippen molar-refractivity contribution in [1.82, 2.24) is 9.79 Å². The van der Waals surface area contributed by atoms with Crippen molar-refractivity contribution in [2.45, 2.75) is 29.9 Å². The van der Waals surface area contributed by atoms with Gasteiger partial charge in [-0.1, -0.05) is 0 Å². The molecule has 0 saturated carbocycles. The van der Waals surface area contributed by atoms with Crippen LogP contribution in [-0.4, -0.2) is 49.1 Å². The Balaban J connectivity index is 1.56. The molecule has 2 fully saturated rings. The molecule has 9 nitrogen and oxygen atoms in total. The van der Waals surface area contributed by atoms with Gasteiger partial charge in [0, 0.05) is 19.1 Å². The van der Waals surface area contributed by atoms with E-state index in [4.69, 9.17) is 14.7 Å². The number of nitrogens with one attached hydrogen (secondary N) is 1. The van der Waals surface area contributed by atoms with E-state index < -0.39 is 22.0 Å². The molecule has 2 aromatic carbocycles. The van der Waals surface area contributed by atoms with Crippen molar-refractivity contribution in [1.29, 1.82) is 5.26 Å². The van der Waals surface area contributed by atoms with Crippen LogP contribution in [0.4, 0.5) is 0 Å². The maximum Gasteiger partial charge on any atom is 0.262 e. The van der Waals surface area contributed by atoms with Gasteiger partial charge in [0.1, 0.15) is 17.5 Å². The second-order valence-corrected chi connectivity index (χ2v) is 9.29. The Hall–Kier alpha value is -2.97. The number of fused-ring (bicyclic) bond motifs is 1. The molecule has 0 aromatic heterocycles. The van der Waals surface area contributed by atoms with Crippen molar-refractivity contribution in [3.8, 4) is 17.6 Å². The standard InChI is InChI=1S/C21H21N3O6S/c22-13-14-1-3-15(4-2-14)30-16-5-7-17(8-6-16)31(27,28)24-11-9-19-18(10-12-29-19)20(24)21(25)23-26/h1-8,18-20,26H,9-12H2,(H,23,25). The molecule has 31 heavy (non-hydrogen) atoms. The molecule has 1 amide bonds. The monoisotopic (exact) mass is 443 g/mol. The topological polar surface area (TPSA) is 129 Å². The van der Waals surface area contributed by atoms with Gasteiger partial charge in [-0.3, -0.25) is 10.0 Å². The fraction of sp³-hybridized carbons (Fsp3) is 0.333. The Labute approximate surface area is 179 Å². The highest BCUT2D eigenvalue weighted by atomic mass is 32.2. The molecule has 0 aliphatic carbocycles. The minimum absolute atomic E-state index is 0.0211. The Morgan fingerprint density at radius 2 is 1.77 bits per heavy atom. The SMILES string of the molecule is N#Cc1ccc(Oc2ccc(S(=O)(=O)N3CCC4OCCC4C3C(=O)NO)cc2)cc1. The van der Waals surface area contributed by atoms with E-state index in [0.29, 0.717) is 36.5 Å². The molecule has 10 heteroatoms. The molecule has 2 aromatic rings. The van der Waals surface area contributed by atoms with Gasteiger partial charge in [-0.2, -0.15) is 9.57 Å². The average Bonchev–Trinajstić information content (AvgIpc) is 3.27. The molecule has 4 rings (SSSR count). The van der Waals surface area contributed by atoms with E-state index in [-0.39, 0.29) is 23.5 Å². The summed E-state index contributed by atoms with van der Waals surface area (Å²) in [5.74, 6) is -0.131. The van der Waals surface area contributed by atoms with Crippen molar-refractivity contribution in [2.75, 3.05) is 13.2 Å². The smallest absolute Gasteiger partial charge is 0.262 e. The van der Waals surface area contributed by atoms with Crippen molar-refractivity contribution in [3.05, 3.63) is 54.1 Å². The van der Waals surface area contributed by atoms with Crippen molar-refractivity contribution >= 4 is 15.9 Å². The number of piperidine rings is 1. The number of amides is 1. The first-order chi connectivity index (χ1) is 14.9. The lowest BCUT2D eigenvalue weighted by molar-refractivity contribution is -0.137. The zero-order valence-corrected chi connectivity index (χ0v) is 17.3. The Morgan fingerprint density at radius 3 is 2.39 bits per heavy atom. The molecule has 162 valence electrons. The quantitative estimate of drug-likeness (QED) is 0.534. The van der Waals surface area contributed by atoms with E-state index in [1.54, 1.807) is 29.7 Å². The average molecular weight is 443 g/mol. The summed E-state index contributed by atoms with van der Waals surface area (Å²) in [5, 5.41) is 18.0. The number of ether oxygens (including phenoxy) is 2. The van der Waals surface area contributed by atoms with Gasteiger partial charge < -0.3 is 9.47 Å². The molecule has 2 N–H and O–H groups in total. The minimum atomic E-state index is -3.99. The lowest BCUT2D eigenvalue weighted by atomic mass is 9.87. The summed E-state index contributed by atoms with van der Waals surface area (Å²) in [6.45, 7) is 0.574. The number of nitrogens with zero attached hydrogens (tertiary/aromatic N) is 2. The maximum absolute atomic E-state index is 13.3. The summed E-state index contributed by atoms with van der Waals surface area (Å²) in [5.41, 5.74) is 2.11. The minimum Gasteiger partial charge on any atom is -0.457 e. The van der Waals surface area contributed by atoms with Crippen molar-refractivity contribution in [2.24, 2.45) is 5.92 Å².